The molecule has 0 aliphatic carbocycles. The molecule has 1 atom stereocenters. The minimum Gasteiger partial charge on any atom is -0.348 e. The summed E-state index contributed by atoms with van der Waals surface area (Å²) in [5.74, 6) is -1.40. The molecule has 0 radical (unpaired) electrons. The number of carbonyl (C=O) groups excluding carboxylic acids is 2. The summed E-state index contributed by atoms with van der Waals surface area (Å²) in [5, 5.41) is 5.13. The summed E-state index contributed by atoms with van der Waals surface area (Å²) in [6.07, 6.45) is 3.12. The van der Waals surface area contributed by atoms with Crippen LogP contribution in [-0.4, -0.2) is 50.2 Å². The van der Waals surface area contributed by atoms with Gasteiger partial charge in [0.1, 0.15) is 0 Å². The normalized spacial score (nSPS) is 17.7. The molecular formula is C19H29N3O4S. The number of amides is 2. The summed E-state index contributed by atoms with van der Waals surface area (Å²) in [6.45, 7) is 6.64. The van der Waals surface area contributed by atoms with Crippen molar-refractivity contribution in [1.29, 1.82) is 0 Å². The molecule has 0 bridgehead atoms. The van der Waals surface area contributed by atoms with Crippen LogP contribution in [0.25, 0.3) is 0 Å². The van der Waals surface area contributed by atoms with E-state index in [1.54, 1.807) is 19.1 Å². The van der Waals surface area contributed by atoms with E-state index in [2.05, 4.69) is 10.6 Å². The first-order chi connectivity index (χ1) is 12.8. The molecule has 1 aromatic rings. The first-order valence-electron chi connectivity index (χ1n) is 9.42. The fourth-order valence-electron chi connectivity index (χ4n) is 3.19. The van der Waals surface area contributed by atoms with Crippen molar-refractivity contribution in [3.05, 3.63) is 29.3 Å². The quantitative estimate of drug-likeness (QED) is 0.540. The molecule has 2 rings (SSSR count). The maximum absolute atomic E-state index is 13.1. The lowest BCUT2D eigenvalue weighted by atomic mass is 10.2. The fourth-order valence-corrected chi connectivity index (χ4v) is 5.20. The fraction of sp³-hybridized carbons (Fsp3) is 0.579. The molecule has 0 saturated carbocycles. The zero-order valence-electron chi connectivity index (χ0n) is 16.2. The van der Waals surface area contributed by atoms with Crippen LogP contribution in [0, 0.1) is 13.8 Å². The van der Waals surface area contributed by atoms with Gasteiger partial charge < -0.3 is 10.6 Å². The molecule has 1 aliphatic heterocycles. The summed E-state index contributed by atoms with van der Waals surface area (Å²) >= 11 is 0. The number of hydrogen-bond acceptors (Lipinski definition) is 4. The third-order valence-electron chi connectivity index (χ3n) is 4.77. The lowest BCUT2D eigenvalue weighted by Gasteiger charge is -2.25. The van der Waals surface area contributed by atoms with Crippen LogP contribution in [0.5, 0.6) is 0 Å². The van der Waals surface area contributed by atoms with Crippen LogP contribution < -0.4 is 10.6 Å². The van der Waals surface area contributed by atoms with Gasteiger partial charge in [-0.25, -0.2) is 8.42 Å². The van der Waals surface area contributed by atoms with Crippen LogP contribution in [-0.2, 0) is 19.6 Å². The van der Waals surface area contributed by atoms with Gasteiger partial charge in [0.05, 0.1) is 4.90 Å². The van der Waals surface area contributed by atoms with Crippen molar-refractivity contribution in [1.82, 2.24) is 14.9 Å². The molecule has 1 aliphatic rings. The summed E-state index contributed by atoms with van der Waals surface area (Å²) in [5.41, 5.74) is 1.58. The van der Waals surface area contributed by atoms with Gasteiger partial charge in [0.25, 0.3) is 0 Å². The minimum atomic E-state index is -3.65. The number of carbonyl (C=O) groups is 2. The standard InChI is InChI=1S/C19H29N3O4S/c1-4-5-10-20-18(23)19(24)21-13-16-7-6-11-22(16)27(25,26)17-12-14(2)8-9-15(17)3/h8-9,12,16H,4-7,10-11,13H2,1-3H3,(H,20,23)(H,21,24)/t16-/m0/s1. The van der Waals surface area contributed by atoms with Crippen molar-refractivity contribution in [3.8, 4) is 0 Å². The second-order valence-electron chi connectivity index (χ2n) is 7.00. The van der Waals surface area contributed by atoms with E-state index in [0.717, 1.165) is 24.8 Å². The molecule has 2 N–H and O–H groups in total. The van der Waals surface area contributed by atoms with Gasteiger partial charge in [-0.05, 0) is 50.3 Å². The number of aryl methyl sites for hydroxylation is 2. The van der Waals surface area contributed by atoms with Crippen LogP contribution >= 0.6 is 0 Å². The molecule has 27 heavy (non-hydrogen) atoms. The Bertz CT molecular complexity index is 792. The van der Waals surface area contributed by atoms with Gasteiger partial charge in [-0.15, -0.1) is 0 Å². The van der Waals surface area contributed by atoms with Crippen LogP contribution in [0.1, 0.15) is 43.7 Å². The van der Waals surface area contributed by atoms with E-state index in [1.807, 2.05) is 19.9 Å². The number of nitrogens with zero attached hydrogens (tertiary/aromatic N) is 1. The number of rotatable bonds is 7. The predicted octanol–water partition coefficient (Wildman–Crippen LogP) is 1.49. The van der Waals surface area contributed by atoms with Crippen molar-refractivity contribution in [2.45, 2.75) is 57.4 Å². The largest absolute Gasteiger partial charge is 0.348 e. The van der Waals surface area contributed by atoms with Crippen LogP contribution in [0.15, 0.2) is 23.1 Å². The van der Waals surface area contributed by atoms with Gasteiger partial charge in [-0.2, -0.15) is 4.31 Å². The number of nitrogens with one attached hydrogen (secondary N) is 2. The summed E-state index contributed by atoms with van der Waals surface area (Å²) in [4.78, 5) is 24.0. The van der Waals surface area contributed by atoms with Gasteiger partial charge in [0.15, 0.2) is 0 Å². The number of unbranched alkanes of at least 4 members (excludes halogenated alkanes) is 1. The third kappa shape index (κ3) is 5.29. The molecule has 1 saturated heterocycles. The second-order valence-corrected chi connectivity index (χ2v) is 8.86. The van der Waals surface area contributed by atoms with Crippen molar-refractivity contribution < 1.29 is 18.0 Å². The Hall–Kier alpha value is -1.93. The van der Waals surface area contributed by atoms with E-state index in [-0.39, 0.29) is 12.6 Å². The minimum absolute atomic E-state index is 0.129. The molecule has 150 valence electrons. The van der Waals surface area contributed by atoms with E-state index in [9.17, 15) is 18.0 Å². The Balaban J connectivity index is 2.03. The Labute approximate surface area is 161 Å². The Kier molecular flexibility index (Phi) is 7.38. The van der Waals surface area contributed by atoms with Gasteiger partial charge in [-0.3, -0.25) is 9.59 Å². The molecule has 2 amide bonds. The van der Waals surface area contributed by atoms with Crippen molar-refractivity contribution in [2.75, 3.05) is 19.6 Å². The molecule has 1 fully saturated rings. The van der Waals surface area contributed by atoms with Crippen molar-refractivity contribution in [3.63, 3.8) is 0 Å². The summed E-state index contributed by atoms with van der Waals surface area (Å²) in [7, 11) is -3.65. The predicted molar refractivity (Wildman–Crippen MR) is 104 cm³/mol. The van der Waals surface area contributed by atoms with Gasteiger partial charge in [0.2, 0.25) is 10.0 Å². The highest BCUT2D eigenvalue weighted by Crippen LogP contribution is 2.28. The van der Waals surface area contributed by atoms with Gasteiger partial charge >= 0.3 is 11.8 Å². The Morgan fingerprint density at radius 3 is 2.59 bits per heavy atom. The maximum atomic E-state index is 13.1. The first-order valence-corrected chi connectivity index (χ1v) is 10.9. The monoisotopic (exact) mass is 395 g/mol. The molecule has 0 aromatic heterocycles. The molecule has 0 unspecified atom stereocenters. The SMILES string of the molecule is CCCCNC(=O)C(=O)NC[C@@H]1CCCN1S(=O)(=O)c1cc(C)ccc1C. The third-order valence-corrected chi connectivity index (χ3v) is 6.87. The highest BCUT2D eigenvalue weighted by molar-refractivity contribution is 7.89. The lowest BCUT2D eigenvalue weighted by molar-refractivity contribution is -0.139. The van der Waals surface area contributed by atoms with Gasteiger partial charge in [0, 0.05) is 25.7 Å². The smallest absolute Gasteiger partial charge is 0.309 e. The van der Waals surface area contributed by atoms with E-state index in [1.165, 1.54) is 4.31 Å². The summed E-state index contributed by atoms with van der Waals surface area (Å²) < 4.78 is 27.7. The molecule has 0 spiro atoms. The average molecular weight is 396 g/mol. The van der Waals surface area contributed by atoms with E-state index >= 15 is 0 Å². The van der Waals surface area contributed by atoms with Crippen molar-refractivity contribution >= 4 is 21.8 Å². The average Bonchev–Trinajstić information content (AvgIpc) is 3.11. The molecule has 7 nitrogen and oxygen atoms in total. The van der Waals surface area contributed by atoms with Crippen LogP contribution in [0.3, 0.4) is 0 Å². The molecule has 1 aromatic carbocycles. The topological polar surface area (TPSA) is 95.6 Å². The van der Waals surface area contributed by atoms with Crippen LogP contribution in [0.2, 0.25) is 0 Å². The van der Waals surface area contributed by atoms with Crippen LogP contribution in [0.4, 0.5) is 0 Å². The molecular weight excluding hydrogens is 366 g/mol. The zero-order valence-corrected chi connectivity index (χ0v) is 17.1. The van der Waals surface area contributed by atoms with Crippen molar-refractivity contribution in [2.24, 2.45) is 0 Å². The van der Waals surface area contributed by atoms with E-state index in [4.69, 9.17) is 0 Å². The Morgan fingerprint density at radius 1 is 1.19 bits per heavy atom. The maximum Gasteiger partial charge on any atom is 0.309 e. The zero-order chi connectivity index (χ0) is 20.0. The number of sulfonamides is 1. The Morgan fingerprint density at radius 2 is 1.89 bits per heavy atom. The summed E-state index contributed by atoms with van der Waals surface area (Å²) in [6, 6.07) is 5.02. The van der Waals surface area contributed by atoms with E-state index in [0.29, 0.717) is 30.0 Å². The van der Waals surface area contributed by atoms with E-state index < -0.39 is 21.8 Å². The number of hydrogen-bond donors (Lipinski definition) is 2. The second kappa shape index (κ2) is 9.32. The highest BCUT2D eigenvalue weighted by atomic mass is 32.2. The molecule has 1 heterocycles. The highest BCUT2D eigenvalue weighted by Gasteiger charge is 2.36. The molecule has 8 heteroatoms. The first kappa shape index (κ1) is 21.4. The number of benzene rings is 1. The lowest BCUT2D eigenvalue weighted by Crippen LogP contribution is -2.47. The van der Waals surface area contributed by atoms with Gasteiger partial charge in [-0.1, -0.05) is 25.5 Å².